The summed E-state index contributed by atoms with van der Waals surface area (Å²) >= 11 is 0. The van der Waals surface area contributed by atoms with Gasteiger partial charge in [-0.25, -0.2) is 8.42 Å². The normalized spacial score (nSPS) is 13.1. The van der Waals surface area contributed by atoms with E-state index in [0.29, 0.717) is 53.1 Å². The van der Waals surface area contributed by atoms with Crippen LogP contribution in [0.3, 0.4) is 0 Å². The van der Waals surface area contributed by atoms with Gasteiger partial charge in [-0.3, -0.25) is 0 Å². The van der Waals surface area contributed by atoms with Gasteiger partial charge in [0.15, 0.2) is 11.5 Å². The minimum Gasteiger partial charge on any atom is -0.493 e. The van der Waals surface area contributed by atoms with Crippen molar-refractivity contribution in [1.29, 1.82) is 0 Å². The van der Waals surface area contributed by atoms with Gasteiger partial charge in [0.25, 0.3) is 0 Å². The van der Waals surface area contributed by atoms with Gasteiger partial charge in [-0.2, -0.15) is 0 Å². The minimum absolute atomic E-state index is 0.290. The number of hydrogen-bond acceptors (Lipinski definition) is 5. The highest BCUT2D eigenvalue weighted by molar-refractivity contribution is 7.92. The zero-order valence-electron chi connectivity index (χ0n) is 26.7. The Morgan fingerprint density at radius 3 is 1.48 bits per heavy atom. The topological polar surface area (TPSA) is 61.8 Å². The molecule has 236 valence electrons. The number of ether oxygens (including phenoxy) is 3. The number of unbranched alkanes of at least 4 members (excludes halogenated alkanes) is 15. The molecule has 0 atom stereocenters. The van der Waals surface area contributed by atoms with Crippen molar-refractivity contribution in [3.8, 4) is 28.4 Å². The van der Waals surface area contributed by atoms with E-state index in [-0.39, 0.29) is 4.90 Å². The molecule has 0 saturated carbocycles. The first-order valence-corrected chi connectivity index (χ1v) is 18.5. The summed E-state index contributed by atoms with van der Waals surface area (Å²) in [6.07, 6.45) is 21.1. The lowest BCUT2D eigenvalue weighted by atomic mass is 10.0. The molecule has 3 rings (SSSR count). The predicted molar refractivity (Wildman–Crippen MR) is 174 cm³/mol. The third kappa shape index (κ3) is 9.92. The largest absolute Gasteiger partial charge is 0.493 e. The predicted octanol–water partition coefficient (Wildman–Crippen LogP) is 10.7. The molecule has 0 radical (unpaired) electrons. The van der Waals surface area contributed by atoms with Crippen molar-refractivity contribution in [3.63, 3.8) is 0 Å². The molecule has 2 aromatic rings. The molecule has 1 aliphatic rings. The Hall–Kier alpha value is -2.21. The van der Waals surface area contributed by atoms with Crippen molar-refractivity contribution < 1.29 is 22.6 Å². The fourth-order valence-corrected chi connectivity index (χ4v) is 7.35. The third-order valence-corrected chi connectivity index (χ3v) is 9.99. The van der Waals surface area contributed by atoms with E-state index >= 15 is 0 Å². The first-order chi connectivity index (χ1) is 20.6. The Labute approximate surface area is 256 Å². The van der Waals surface area contributed by atoms with Gasteiger partial charge in [-0.15, -0.1) is 0 Å². The fraction of sp³-hybridized carbons (Fsp3) is 0.667. The van der Waals surface area contributed by atoms with Crippen LogP contribution in [0.1, 0.15) is 136 Å². The summed E-state index contributed by atoms with van der Waals surface area (Å²) in [6.45, 7) is 8.37. The van der Waals surface area contributed by atoms with E-state index in [1.54, 1.807) is 24.3 Å². The Morgan fingerprint density at radius 1 is 0.476 bits per heavy atom. The Bertz CT molecular complexity index is 1160. The summed E-state index contributed by atoms with van der Waals surface area (Å²) in [7, 11) is -3.67. The van der Waals surface area contributed by atoms with Gasteiger partial charge in [0, 0.05) is 5.56 Å². The molecule has 0 aliphatic carbocycles. The number of benzene rings is 2. The van der Waals surface area contributed by atoms with E-state index in [1.165, 1.54) is 77.0 Å². The molecule has 42 heavy (non-hydrogen) atoms. The third-order valence-electron chi connectivity index (χ3n) is 8.16. The zero-order chi connectivity index (χ0) is 30.0. The van der Waals surface area contributed by atoms with Gasteiger partial charge in [0.2, 0.25) is 9.84 Å². The van der Waals surface area contributed by atoms with Crippen molar-refractivity contribution >= 4 is 9.84 Å². The summed E-state index contributed by atoms with van der Waals surface area (Å²) in [6, 6.07) is 8.84. The molecular weight excluding hydrogens is 544 g/mol. The van der Waals surface area contributed by atoms with Crippen molar-refractivity contribution in [1.82, 2.24) is 0 Å². The van der Waals surface area contributed by atoms with E-state index in [1.807, 2.05) is 6.07 Å². The van der Waals surface area contributed by atoms with Gasteiger partial charge >= 0.3 is 0 Å². The highest BCUT2D eigenvalue weighted by Gasteiger charge is 2.39. The second-order valence-electron chi connectivity index (χ2n) is 11.7. The Morgan fingerprint density at radius 2 is 0.929 bits per heavy atom. The smallest absolute Gasteiger partial charge is 0.208 e. The second kappa shape index (κ2) is 19.1. The molecule has 0 bridgehead atoms. The van der Waals surface area contributed by atoms with Crippen LogP contribution in [0, 0.1) is 0 Å². The van der Waals surface area contributed by atoms with Gasteiger partial charge < -0.3 is 14.2 Å². The number of rotatable bonds is 24. The maximum atomic E-state index is 13.7. The molecule has 0 aromatic heterocycles. The second-order valence-corrected chi connectivity index (χ2v) is 13.6. The quantitative estimate of drug-likeness (QED) is 0.0957. The van der Waals surface area contributed by atoms with Crippen LogP contribution in [-0.4, -0.2) is 28.2 Å². The lowest BCUT2D eigenvalue weighted by Crippen LogP contribution is -2.05. The van der Waals surface area contributed by atoms with Crippen molar-refractivity contribution in [3.05, 3.63) is 30.3 Å². The number of hydrogen-bond donors (Lipinski definition) is 0. The average molecular weight is 601 g/mol. The zero-order valence-corrected chi connectivity index (χ0v) is 27.5. The van der Waals surface area contributed by atoms with Gasteiger partial charge in [0.05, 0.1) is 35.2 Å². The van der Waals surface area contributed by atoms with Gasteiger partial charge in [-0.05, 0) is 43.5 Å². The molecular formula is C36H56O5S. The lowest BCUT2D eigenvalue weighted by molar-refractivity contribution is 0.258. The van der Waals surface area contributed by atoms with Crippen LogP contribution in [0.4, 0.5) is 0 Å². The molecule has 6 heteroatoms. The monoisotopic (exact) mass is 600 g/mol. The SMILES string of the molecule is CCCCCCCCOc1ccc2c(c1OCCCCCCCC)-c1c(OCCCCCCCC)cccc1S2(=O)=O. The van der Waals surface area contributed by atoms with Crippen LogP contribution in [0.2, 0.25) is 0 Å². The molecule has 2 aromatic carbocycles. The molecule has 0 N–H and O–H groups in total. The van der Waals surface area contributed by atoms with Crippen LogP contribution < -0.4 is 14.2 Å². The van der Waals surface area contributed by atoms with Gasteiger partial charge in [-0.1, -0.05) is 123 Å². The molecule has 0 saturated heterocycles. The van der Waals surface area contributed by atoms with E-state index < -0.39 is 9.84 Å². The van der Waals surface area contributed by atoms with E-state index in [2.05, 4.69) is 20.8 Å². The van der Waals surface area contributed by atoms with E-state index in [9.17, 15) is 8.42 Å². The van der Waals surface area contributed by atoms with Crippen LogP contribution >= 0.6 is 0 Å². The summed E-state index contributed by atoms with van der Waals surface area (Å²) in [5.74, 6) is 1.79. The average Bonchev–Trinajstić information content (AvgIpc) is 3.23. The summed E-state index contributed by atoms with van der Waals surface area (Å²) < 4.78 is 46.3. The molecule has 5 nitrogen and oxygen atoms in total. The van der Waals surface area contributed by atoms with Crippen molar-refractivity contribution in [2.24, 2.45) is 0 Å². The molecule has 0 unspecified atom stereocenters. The highest BCUT2D eigenvalue weighted by atomic mass is 32.2. The summed E-state index contributed by atoms with van der Waals surface area (Å²) in [5.41, 5.74) is 1.23. The standard InChI is InChI=1S/C36H56O5S/c1-4-7-10-13-16-19-27-39-30-23-22-24-32-34(30)35-33(42(32,37)38)26-25-31(40-28-20-17-14-11-8-5-2)36(35)41-29-21-18-15-12-9-6-3/h22-26H,4-21,27-29H2,1-3H3. The number of fused-ring (bicyclic) bond motifs is 3. The van der Waals surface area contributed by atoms with Crippen LogP contribution in [0.25, 0.3) is 11.1 Å². The Balaban J connectivity index is 1.81. The first kappa shape index (κ1) is 34.3. The fourth-order valence-electron chi connectivity index (χ4n) is 5.67. The van der Waals surface area contributed by atoms with Gasteiger partial charge in [0.1, 0.15) is 5.75 Å². The maximum Gasteiger partial charge on any atom is 0.208 e. The highest BCUT2D eigenvalue weighted by Crippen LogP contribution is 2.54. The van der Waals surface area contributed by atoms with Crippen LogP contribution in [0.15, 0.2) is 40.1 Å². The number of sulfone groups is 1. The summed E-state index contributed by atoms with van der Waals surface area (Å²) in [4.78, 5) is 0.591. The molecule has 1 heterocycles. The minimum atomic E-state index is -3.67. The summed E-state index contributed by atoms with van der Waals surface area (Å²) in [5, 5.41) is 0. The molecule has 1 aliphatic heterocycles. The molecule has 0 amide bonds. The maximum absolute atomic E-state index is 13.7. The Kier molecular flexibility index (Phi) is 15.6. The van der Waals surface area contributed by atoms with Crippen LogP contribution in [0.5, 0.6) is 17.2 Å². The molecule has 0 spiro atoms. The van der Waals surface area contributed by atoms with E-state index in [0.717, 1.165) is 38.5 Å². The molecule has 0 fully saturated rings. The van der Waals surface area contributed by atoms with E-state index in [4.69, 9.17) is 14.2 Å². The van der Waals surface area contributed by atoms with Crippen LogP contribution in [-0.2, 0) is 9.84 Å². The van der Waals surface area contributed by atoms with Crippen molar-refractivity contribution in [2.75, 3.05) is 19.8 Å². The lowest BCUT2D eigenvalue weighted by Gasteiger charge is -2.18. The van der Waals surface area contributed by atoms with Crippen molar-refractivity contribution in [2.45, 2.75) is 146 Å². The first-order valence-electron chi connectivity index (χ1n) is 17.0.